The molecule has 3 aromatic carbocycles. The van der Waals surface area contributed by atoms with Gasteiger partial charge >= 0.3 is 0 Å². The van der Waals surface area contributed by atoms with E-state index >= 15 is 0 Å². The Balaban J connectivity index is 2.13. The summed E-state index contributed by atoms with van der Waals surface area (Å²) in [5.41, 5.74) is 0.422. The van der Waals surface area contributed by atoms with Gasteiger partial charge in [-0.2, -0.15) is 0 Å². The van der Waals surface area contributed by atoms with Gasteiger partial charge in [-0.25, -0.2) is 0 Å². The molecule has 112 valence electrons. The normalized spacial score (nSPS) is 10.7. The van der Waals surface area contributed by atoms with E-state index < -0.39 is 5.60 Å². The lowest BCUT2D eigenvalue weighted by Gasteiger charge is -2.23. The predicted octanol–water partition coefficient (Wildman–Crippen LogP) is 3.68. The molecular weight excluding hydrogens is 284 g/mol. The molecule has 2 N–H and O–H groups in total. The van der Waals surface area contributed by atoms with Gasteiger partial charge in [0.05, 0.1) is 5.56 Å². The van der Waals surface area contributed by atoms with E-state index in [2.05, 4.69) is 11.8 Å². The first-order valence-corrected chi connectivity index (χ1v) is 7.35. The molecule has 23 heavy (non-hydrogen) atoms. The lowest BCUT2D eigenvalue weighted by atomic mass is 9.86. The minimum atomic E-state index is -1.44. The average Bonchev–Trinajstić information content (AvgIpc) is 2.62. The molecule has 0 amide bonds. The maximum atomic E-state index is 11.3. The number of aromatic hydroxyl groups is 1. The molecule has 0 aromatic heterocycles. The van der Waals surface area contributed by atoms with Crippen molar-refractivity contribution in [3.63, 3.8) is 0 Å². The Morgan fingerprint density at radius 2 is 1.13 bits per heavy atom. The fourth-order valence-electron chi connectivity index (χ4n) is 2.41. The molecule has 0 spiro atoms. The number of phenols is 1. The van der Waals surface area contributed by atoms with Gasteiger partial charge < -0.3 is 10.2 Å². The standard InChI is InChI=1S/C21H16O2/c22-20-14-8-7-9-17(20)15-16-21(23,18-10-3-1-4-11-18)19-12-5-2-6-13-19/h1-14,22-23H. The van der Waals surface area contributed by atoms with Crippen molar-refractivity contribution in [3.05, 3.63) is 102 Å². The maximum Gasteiger partial charge on any atom is 0.177 e. The van der Waals surface area contributed by atoms with E-state index in [4.69, 9.17) is 0 Å². The van der Waals surface area contributed by atoms with E-state index in [1.807, 2.05) is 60.7 Å². The molecule has 3 aromatic rings. The van der Waals surface area contributed by atoms with E-state index in [1.54, 1.807) is 24.3 Å². The molecule has 0 bridgehead atoms. The van der Waals surface area contributed by atoms with Gasteiger partial charge in [0.1, 0.15) is 5.75 Å². The number of rotatable bonds is 2. The molecule has 2 heteroatoms. The van der Waals surface area contributed by atoms with Crippen LogP contribution in [0.5, 0.6) is 5.75 Å². The van der Waals surface area contributed by atoms with Crippen LogP contribution in [0.25, 0.3) is 0 Å². The molecule has 0 saturated heterocycles. The highest BCUT2D eigenvalue weighted by atomic mass is 16.3. The van der Waals surface area contributed by atoms with Crippen LogP contribution < -0.4 is 0 Å². The second-order valence-corrected chi connectivity index (χ2v) is 5.21. The van der Waals surface area contributed by atoms with Gasteiger partial charge in [0, 0.05) is 11.1 Å². The third kappa shape index (κ3) is 3.11. The predicted molar refractivity (Wildman–Crippen MR) is 90.9 cm³/mol. The molecule has 0 saturated carbocycles. The average molecular weight is 300 g/mol. The Hall–Kier alpha value is -3.02. The number of benzene rings is 3. The molecule has 0 radical (unpaired) electrons. The Kier molecular flexibility index (Phi) is 4.14. The van der Waals surface area contributed by atoms with E-state index in [9.17, 15) is 10.2 Å². The summed E-state index contributed by atoms with van der Waals surface area (Å²) < 4.78 is 0. The van der Waals surface area contributed by atoms with Crippen molar-refractivity contribution in [2.75, 3.05) is 0 Å². The summed E-state index contributed by atoms with van der Waals surface area (Å²) in [4.78, 5) is 0. The van der Waals surface area contributed by atoms with Crippen LogP contribution in [-0.4, -0.2) is 10.2 Å². The van der Waals surface area contributed by atoms with E-state index in [0.29, 0.717) is 16.7 Å². The molecule has 2 nitrogen and oxygen atoms in total. The van der Waals surface area contributed by atoms with E-state index in [1.165, 1.54) is 0 Å². The lowest BCUT2D eigenvalue weighted by Crippen LogP contribution is -2.25. The largest absolute Gasteiger partial charge is 0.507 e. The second kappa shape index (κ2) is 6.39. The summed E-state index contributed by atoms with van der Waals surface area (Å²) >= 11 is 0. The summed E-state index contributed by atoms with van der Waals surface area (Å²) in [6.45, 7) is 0. The summed E-state index contributed by atoms with van der Waals surface area (Å²) in [6, 6.07) is 25.4. The fourth-order valence-corrected chi connectivity index (χ4v) is 2.41. The molecule has 0 aliphatic heterocycles. The highest BCUT2D eigenvalue weighted by Gasteiger charge is 2.29. The van der Waals surface area contributed by atoms with E-state index in [-0.39, 0.29) is 5.75 Å². The summed E-state index contributed by atoms with van der Waals surface area (Å²) in [7, 11) is 0. The summed E-state index contributed by atoms with van der Waals surface area (Å²) in [5.74, 6) is 5.93. The van der Waals surface area contributed by atoms with Crippen LogP contribution in [0.4, 0.5) is 0 Å². The highest BCUT2D eigenvalue weighted by molar-refractivity contribution is 5.51. The number of aliphatic hydroxyl groups is 1. The van der Waals surface area contributed by atoms with Gasteiger partial charge in [-0.15, -0.1) is 0 Å². The maximum absolute atomic E-state index is 11.3. The Labute approximate surface area is 135 Å². The van der Waals surface area contributed by atoms with Crippen molar-refractivity contribution in [1.82, 2.24) is 0 Å². The summed E-state index contributed by atoms with van der Waals surface area (Å²) in [5, 5.41) is 21.1. The molecule has 3 rings (SSSR count). The Bertz CT molecular complexity index is 804. The van der Waals surface area contributed by atoms with Gasteiger partial charge in [0.25, 0.3) is 0 Å². The number of hydrogen-bond acceptors (Lipinski definition) is 2. The van der Waals surface area contributed by atoms with Crippen molar-refractivity contribution in [2.45, 2.75) is 5.60 Å². The number of para-hydroxylation sites is 1. The van der Waals surface area contributed by atoms with Crippen molar-refractivity contribution in [2.24, 2.45) is 0 Å². The Morgan fingerprint density at radius 1 is 0.652 bits per heavy atom. The number of hydrogen-bond donors (Lipinski definition) is 2. The molecule has 0 aliphatic carbocycles. The fraction of sp³-hybridized carbons (Fsp3) is 0.0476. The molecule has 0 atom stereocenters. The molecule has 0 unspecified atom stereocenters. The molecular formula is C21H16O2. The third-order valence-corrected chi connectivity index (χ3v) is 3.67. The molecule has 0 fully saturated rings. The molecule has 0 aliphatic rings. The third-order valence-electron chi connectivity index (χ3n) is 3.67. The van der Waals surface area contributed by atoms with Crippen molar-refractivity contribution >= 4 is 0 Å². The smallest absolute Gasteiger partial charge is 0.177 e. The zero-order chi connectivity index (χ0) is 16.1. The van der Waals surface area contributed by atoms with Gasteiger partial charge in [0.15, 0.2) is 5.60 Å². The van der Waals surface area contributed by atoms with Crippen LogP contribution in [0, 0.1) is 11.8 Å². The zero-order valence-electron chi connectivity index (χ0n) is 12.5. The van der Waals surface area contributed by atoms with Crippen molar-refractivity contribution < 1.29 is 10.2 Å². The second-order valence-electron chi connectivity index (χ2n) is 5.21. The minimum absolute atomic E-state index is 0.100. The first-order valence-electron chi connectivity index (χ1n) is 7.35. The van der Waals surface area contributed by atoms with Crippen LogP contribution in [-0.2, 0) is 5.60 Å². The summed E-state index contributed by atoms with van der Waals surface area (Å²) in [6.07, 6.45) is 0. The number of phenolic OH excluding ortho intramolecular Hbond substituents is 1. The quantitative estimate of drug-likeness (QED) is 0.709. The minimum Gasteiger partial charge on any atom is -0.507 e. The first kappa shape index (κ1) is 14.9. The van der Waals surface area contributed by atoms with Gasteiger partial charge in [-0.1, -0.05) is 84.6 Å². The first-order chi connectivity index (χ1) is 11.2. The van der Waals surface area contributed by atoms with E-state index in [0.717, 1.165) is 0 Å². The van der Waals surface area contributed by atoms with Crippen LogP contribution in [0.3, 0.4) is 0 Å². The van der Waals surface area contributed by atoms with Crippen LogP contribution in [0.2, 0.25) is 0 Å². The zero-order valence-corrected chi connectivity index (χ0v) is 12.5. The van der Waals surface area contributed by atoms with Crippen LogP contribution in [0.15, 0.2) is 84.9 Å². The van der Waals surface area contributed by atoms with Crippen LogP contribution >= 0.6 is 0 Å². The monoisotopic (exact) mass is 300 g/mol. The van der Waals surface area contributed by atoms with Gasteiger partial charge in [-0.3, -0.25) is 0 Å². The lowest BCUT2D eigenvalue weighted by molar-refractivity contribution is 0.145. The van der Waals surface area contributed by atoms with Crippen LogP contribution in [0.1, 0.15) is 16.7 Å². The van der Waals surface area contributed by atoms with Crippen molar-refractivity contribution in [3.8, 4) is 17.6 Å². The SMILES string of the molecule is Oc1ccccc1C#CC(O)(c1ccccc1)c1ccccc1. The molecule has 0 heterocycles. The van der Waals surface area contributed by atoms with Crippen molar-refractivity contribution in [1.29, 1.82) is 0 Å². The van der Waals surface area contributed by atoms with Gasteiger partial charge in [0.2, 0.25) is 0 Å². The topological polar surface area (TPSA) is 40.5 Å². The van der Waals surface area contributed by atoms with Gasteiger partial charge in [-0.05, 0) is 12.1 Å². The highest BCUT2D eigenvalue weighted by Crippen LogP contribution is 2.29. The Morgan fingerprint density at radius 3 is 1.65 bits per heavy atom.